The van der Waals surface area contributed by atoms with Gasteiger partial charge >= 0.3 is 0 Å². The van der Waals surface area contributed by atoms with E-state index in [2.05, 4.69) is 52.4 Å². The molecule has 1 aliphatic rings. The number of likely N-dealkylation sites (N-methyl/N-ethyl adjacent to an activating group) is 1. The smallest absolute Gasteiger partial charge is 0.256 e. The topological polar surface area (TPSA) is 28.5 Å². The molecule has 1 aliphatic heterocycles. The van der Waals surface area contributed by atoms with Crippen LogP contribution in [0.5, 0.6) is 0 Å². The van der Waals surface area contributed by atoms with E-state index in [0.29, 0.717) is 6.04 Å². The van der Waals surface area contributed by atoms with Gasteiger partial charge in [-0.2, -0.15) is 0 Å². The summed E-state index contributed by atoms with van der Waals surface area (Å²) in [5, 5.41) is 1.04. The van der Waals surface area contributed by atoms with Crippen LogP contribution in [0.1, 0.15) is 30.2 Å². The normalized spacial score (nSPS) is 16.7. The first-order chi connectivity index (χ1) is 10.5. The molecule has 1 fully saturated rings. The minimum atomic E-state index is 0.153. The van der Waals surface area contributed by atoms with Gasteiger partial charge in [-0.3, -0.25) is 4.79 Å². The Hall–Kier alpha value is -1.33. The highest BCUT2D eigenvalue weighted by Crippen LogP contribution is 2.28. The van der Waals surface area contributed by atoms with E-state index >= 15 is 0 Å². The Bertz CT molecular complexity index is 699. The molecule has 1 aromatic carbocycles. The van der Waals surface area contributed by atoms with Crippen molar-refractivity contribution in [2.45, 2.75) is 19.9 Å². The molecule has 0 spiro atoms. The Balaban J connectivity index is 2.01. The number of carbonyl (C=O) groups is 1. The van der Waals surface area contributed by atoms with Crippen molar-refractivity contribution in [2.75, 3.05) is 33.2 Å². The fourth-order valence-electron chi connectivity index (χ4n) is 3.00. The van der Waals surface area contributed by atoms with Gasteiger partial charge in [0.2, 0.25) is 0 Å². The molecule has 0 N–H and O–H groups in total. The van der Waals surface area contributed by atoms with E-state index in [1.807, 2.05) is 23.2 Å². The van der Waals surface area contributed by atoms with Crippen molar-refractivity contribution >= 4 is 32.7 Å². The summed E-state index contributed by atoms with van der Waals surface area (Å²) >= 11 is 3.53. The van der Waals surface area contributed by atoms with Crippen molar-refractivity contribution in [2.24, 2.45) is 0 Å². The predicted molar refractivity (Wildman–Crippen MR) is 93.4 cm³/mol. The van der Waals surface area contributed by atoms with E-state index < -0.39 is 0 Å². The zero-order valence-corrected chi connectivity index (χ0v) is 14.9. The zero-order chi connectivity index (χ0) is 15.9. The molecule has 3 rings (SSSR count). The van der Waals surface area contributed by atoms with Gasteiger partial charge in [-0.1, -0.05) is 22.0 Å². The summed E-state index contributed by atoms with van der Waals surface area (Å²) in [6, 6.07) is 6.47. The Labute approximate surface area is 139 Å². The molecule has 1 aromatic heterocycles. The molecule has 0 aliphatic carbocycles. The van der Waals surface area contributed by atoms with Crippen LogP contribution in [-0.2, 0) is 0 Å². The molecular formula is C17H22BrN3O. The van der Waals surface area contributed by atoms with Gasteiger partial charge < -0.3 is 14.4 Å². The van der Waals surface area contributed by atoms with Crippen LogP contribution in [0.25, 0.3) is 10.9 Å². The molecule has 5 heteroatoms. The Morgan fingerprint density at radius 3 is 2.50 bits per heavy atom. The fraction of sp³-hybridized carbons (Fsp3) is 0.471. The lowest BCUT2D eigenvalue weighted by atomic mass is 10.1. The third kappa shape index (κ3) is 2.79. The molecule has 1 saturated heterocycles. The first-order valence-electron chi connectivity index (χ1n) is 7.75. The minimum Gasteiger partial charge on any atom is -0.344 e. The van der Waals surface area contributed by atoms with E-state index in [4.69, 9.17) is 0 Å². The number of fused-ring (bicyclic) bond motifs is 1. The molecular weight excluding hydrogens is 342 g/mol. The highest BCUT2D eigenvalue weighted by atomic mass is 79.9. The average molecular weight is 364 g/mol. The summed E-state index contributed by atoms with van der Waals surface area (Å²) in [6.07, 6.45) is 2.02. The number of halogens is 1. The number of amides is 1. The van der Waals surface area contributed by atoms with Gasteiger partial charge in [-0.25, -0.2) is 0 Å². The number of aromatic nitrogens is 1. The summed E-state index contributed by atoms with van der Waals surface area (Å²) in [5.74, 6) is 0.153. The lowest BCUT2D eigenvalue weighted by Crippen LogP contribution is -2.47. The minimum absolute atomic E-state index is 0.153. The van der Waals surface area contributed by atoms with Crippen LogP contribution in [0.3, 0.4) is 0 Å². The van der Waals surface area contributed by atoms with E-state index in [9.17, 15) is 4.79 Å². The number of rotatable bonds is 2. The van der Waals surface area contributed by atoms with Gasteiger partial charge in [0.15, 0.2) is 0 Å². The summed E-state index contributed by atoms with van der Waals surface area (Å²) < 4.78 is 3.22. The first kappa shape index (κ1) is 15.6. The maximum absolute atomic E-state index is 12.9. The Morgan fingerprint density at radius 2 is 1.86 bits per heavy atom. The molecule has 1 amide bonds. The van der Waals surface area contributed by atoms with Gasteiger partial charge in [0.1, 0.15) is 0 Å². The van der Waals surface area contributed by atoms with Gasteiger partial charge in [0.25, 0.3) is 5.91 Å². The van der Waals surface area contributed by atoms with Crippen LogP contribution in [-0.4, -0.2) is 53.5 Å². The number of hydrogen-bond acceptors (Lipinski definition) is 2. The standard InChI is InChI=1S/C17H22BrN3O/c1-12(2)21-11-15(14-5-4-13(18)10-16(14)21)17(22)20-8-6-19(3)7-9-20/h4-5,10-12H,6-9H2,1-3H3. The number of benzene rings is 1. The van der Waals surface area contributed by atoms with E-state index in [1.54, 1.807) is 0 Å². The molecule has 4 nitrogen and oxygen atoms in total. The third-order valence-corrected chi connectivity index (χ3v) is 4.87. The maximum Gasteiger partial charge on any atom is 0.256 e. The van der Waals surface area contributed by atoms with Crippen molar-refractivity contribution in [3.8, 4) is 0 Å². The predicted octanol–water partition coefficient (Wildman–Crippen LogP) is 3.37. The molecule has 2 aromatic rings. The van der Waals surface area contributed by atoms with Crippen molar-refractivity contribution in [1.29, 1.82) is 0 Å². The molecule has 0 radical (unpaired) electrons. The summed E-state index contributed by atoms with van der Waals surface area (Å²) in [4.78, 5) is 17.2. The molecule has 22 heavy (non-hydrogen) atoms. The number of hydrogen-bond donors (Lipinski definition) is 0. The summed E-state index contributed by atoms with van der Waals surface area (Å²) in [7, 11) is 2.10. The molecule has 0 unspecified atom stereocenters. The van der Waals surface area contributed by atoms with Gasteiger partial charge in [-0.05, 0) is 33.0 Å². The van der Waals surface area contributed by atoms with E-state index in [1.165, 1.54) is 0 Å². The first-order valence-corrected chi connectivity index (χ1v) is 8.54. The van der Waals surface area contributed by atoms with Gasteiger partial charge in [0, 0.05) is 48.3 Å². The lowest BCUT2D eigenvalue weighted by Gasteiger charge is -2.32. The highest BCUT2D eigenvalue weighted by molar-refractivity contribution is 9.10. The Kier molecular flexibility index (Phi) is 4.28. The van der Waals surface area contributed by atoms with Gasteiger partial charge in [0.05, 0.1) is 11.1 Å². The molecule has 0 bridgehead atoms. The second-order valence-electron chi connectivity index (χ2n) is 6.30. The van der Waals surface area contributed by atoms with Crippen LogP contribution in [0.15, 0.2) is 28.9 Å². The van der Waals surface area contributed by atoms with Crippen LogP contribution in [0, 0.1) is 0 Å². The number of nitrogens with zero attached hydrogens (tertiary/aromatic N) is 3. The van der Waals surface area contributed by atoms with Crippen LogP contribution >= 0.6 is 15.9 Å². The molecule has 0 atom stereocenters. The Morgan fingerprint density at radius 1 is 1.18 bits per heavy atom. The second kappa shape index (κ2) is 6.05. The largest absolute Gasteiger partial charge is 0.344 e. The van der Waals surface area contributed by atoms with E-state index in [-0.39, 0.29) is 5.91 Å². The zero-order valence-electron chi connectivity index (χ0n) is 13.3. The SMILES string of the molecule is CC(C)n1cc(C(=O)N2CCN(C)CC2)c2ccc(Br)cc21. The molecule has 118 valence electrons. The number of carbonyl (C=O) groups excluding carboxylic acids is 1. The van der Waals surface area contributed by atoms with Gasteiger partial charge in [-0.15, -0.1) is 0 Å². The second-order valence-corrected chi connectivity index (χ2v) is 7.22. The third-order valence-electron chi connectivity index (χ3n) is 4.37. The van der Waals surface area contributed by atoms with Crippen molar-refractivity contribution in [3.63, 3.8) is 0 Å². The highest BCUT2D eigenvalue weighted by Gasteiger charge is 2.24. The number of piperazine rings is 1. The van der Waals surface area contributed by atoms with Crippen LogP contribution < -0.4 is 0 Å². The van der Waals surface area contributed by atoms with Crippen molar-refractivity contribution in [3.05, 3.63) is 34.4 Å². The summed E-state index contributed by atoms with van der Waals surface area (Å²) in [5.41, 5.74) is 1.93. The van der Waals surface area contributed by atoms with E-state index in [0.717, 1.165) is 47.1 Å². The lowest BCUT2D eigenvalue weighted by molar-refractivity contribution is 0.0666. The van der Waals surface area contributed by atoms with Crippen LogP contribution in [0.4, 0.5) is 0 Å². The molecule has 2 heterocycles. The fourth-order valence-corrected chi connectivity index (χ4v) is 3.35. The average Bonchev–Trinajstić information content (AvgIpc) is 2.86. The van der Waals surface area contributed by atoms with Crippen molar-refractivity contribution < 1.29 is 4.79 Å². The summed E-state index contributed by atoms with van der Waals surface area (Å²) in [6.45, 7) is 7.79. The maximum atomic E-state index is 12.9. The quantitative estimate of drug-likeness (QED) is 0.818. The van der Waals surface area contributed by atoms with Crippen molar-refractivity contribution in [1.82, 2.24) is 14.4 Å². The molecule has 0 saturated carbocycles. The monoisotopic (exact) mass is 363 g/mol. The van der Waals surface area contributed by atoms with Crippen LogP contribution in [0.2, 0.25) is 0 Å².